The molecule has 0 spiro atoms. The average Bonchev–Trinajstić information content (AvgIpc) is 2.98. The molecule has 0 unspecified atom stereocenters. The maximum absolute atomic E-state index is 12.0. The van der Waals surface area contributed by atoms with Crippen molar-refractivity contribution in [1.29, 1.82) is 0 Å². The molecule has 0 fully saturated rings. The lowest BCUT2D eigenvalue weighted by atomic mass is 10.2. The summed E-state index contributed by atoms with van der Waals surface area (Å²) in [6.07, 6.45) is 2.58. The maximum Gasteiger partial charge on any atom is 0.249 e. The van der Waals surface area contributed by atoms with E-state index in [9.17, 15) is 4.79 Å². The molecule has 19 heavy (non-hydrogen) atoms. The van der Waals surface area contributed by atoms with Gasteiger partial charge in [-0.15, -0.1) is 0 Å². The van der Waals surface area contributed by atoms with Gasteiger partial charge in [-0.1, -0.05) is 18.2 Å². The first kappa shape index (κ1) is 12.6. The molecule has 0 saturated heterocycles. The topological polar surface area (TPSA) is 93.0 Å². The first-order valence-corrected chi connectivity index (χ1v) is 5.51. The molecule has 0 radical (unpaired) electrons. The fourth-order valence-corrected chi connectivity index (χ4v) is 1.38. The van der Waals surface area contributed by atoms with Crippen LogP contribution in [0, 0.1) is 0 Å². The van der Waals surface area contributed by atoms with Crippen LogP contribution in [-0.4, -0.2) is 17.7 Å². The maximum atomic E-state index is 12.0. The van der Waals surface area contributed by atoms with Crippen molar-refractivity contribution in [3.63, 3.8) is 0 Å². The van der Waals surface area contributed by atoms with E-state index in [0.717, 1.165) is 5.69 Å². The largest absolute Gasteiger partial charge is 0.461 e. The summed E-state index contributed by atoms with van der Waals surface area (Å²) in [5, 5.41) is 7.29. The molecule has 2 rings (SSSR count). The summed E-state index contributed by atoms with van der Waals surface area (Å²) in [6.45, 7) is 0. The molecule has 0 aliphatic heterocycles. The highest BCUT2D eigenvalue weighted by Gasteiger charge is 2.15. The highest BCUT2D eigenvalue weighted by molar-refractivity contribution is 6.64. The van der Waals surface area contributed by atoms with E-state index in [2.05, 4.69) is 15.6 Å². The normalized spacial score (nSPS) is 11.7. The number of Topliss-reactive ketones (excluding diaryl/α,β-unsaturated/α-hetero) is 1. The standard InChI is InChI=1S/C13H12N4O2/c14-15-9-11(13(18)12-7-4-8-19-12)17-16-10-5-2-1-3-6-10/h1-9,16H,14H2/b15-9-,17-11-. The summed E-state index contributed by atoms with van der Waals surface area (Å²) in [5.41, 5.74) is 3.56. The van der Waals surface area contributed by atoms with Crippen LogP contribution in [0.5, 0.6) is 0 Å². The second-order valence-electron chi connectivity index (χ2n) is 3.56. The van der Waals surface area contributed by atoms with Gasteiger partial charge in [0.15, 0.2) is 11.5 Å². The predicted octanol–water partition coefficient (Wildman–Crippen LogP) is 1.87. The third-order valence-corrected chi connectivity index (χ3v) is 2.25. The number of carbonyl (C=O) groups is 1. The van der Waals surface area contributed by atoms with Crippen molar-refractivity contribution in [2.75, 3.05) is 5.43 Å². The molecule has 0 aliphatic rings. The SMILES string of the molecule is N/N=C\C(=N\Nc1ccccc1)C(=O)c1ccco1. The Labute approximate surface area is 109 Å². The van der Waals surface area contributed by atoms with Gasteiger partial charge in [0, 0.05) is 0 Å². The number of nitrogens with two attached hydrogens (primary N) is 1. The molecule has 2 aromatic rings. The van der Waals surface area contributed by atoms with Crippen molar-refractivity contribution < 1.29 is 9.21 Å². The van der Waals surface area contributed by atoms with Crippen LogP contribution >= 0.6 is 0 Å². The molecule has 3 N–H and O–H groups in total. The van der Waals surface area contributed by atoms with E-state index in [1.807, 2.05) is 30.3 Å². The lowest BCUT2D eigenvalue weighted by Crippen LogP contribution is -2.17. The zero-order chi connectivity index (χ0) is 13.5. The molecule has 0 aliphatic carbocycles. The van der Waals surface area contributed by atoms with Crippen molar-refractivity contribution in [3.8, 4) is 0 Å². The number of ketones is 1. The Bertz CT molecular complexity index is 588. The van der Waals surface area contributed by atoms with Gasteiger partial charge >= 0.3 is 0 Å². The molecule has 1 heterocycles. The molecule has 0 amide bonds. The van der Waals surface area contributed by atoms with Gasteiger partial charge < -0.3 is 10.3 Å². The predicted molar refractivity (Wildman–Crippen MR) is 73.2 cm³/mol. The molecular formula is C13H12N4O2. The van der Waals surface area contributed by atoms with Gasteiger partial charge in [-0.2, -0.15) is 10.2 Å². The van der Waals surface area contributed by atoms with Gasteiger partial charge in [-0.25, -0.2) is 0 Å². The first-order chi connectivity index (χ1) is 9.31. The zero-order valence-electron chi connectivity index (χ0n) is 9.98. The third kappa shape index (κ3) is 3.29. The van der Waals surface area contributed by atoms with E-state index in [1.54, 1.807) is 12.1 Å². The minimum absolute atomic E-state index is 0.0568. The van der Waals surface area contributed by atoms with E-state index in [-0.39, 0.29) is 11.5 Å². The number of furan rings is 1. The molecule has 0 atom stereocenters. The van der Waals surface area contributed by atoms with Gasteiger partial charge in [0.1, 0.15) is 0 Å². The Kier molecular flexibility index (Phi) is 4.07. The Morgan fingerprint density at radius 1 is 1.21 bits per heavy atom. The van der Waals surface area contributed by atoms with Crippen LogP contribution in [0.25, 0.3) is 0 Å². The van der Waals surface area contributed by atoms with Crippen LogP contribution in [0.15, 0.2) is 63.3 Å². The molecule has 0 saturated carbocycles. The van der Waals surface area contributed by atoms with Crippen LogP contribution in [0.2, 0.25) is 0 Å². The van der Waals surface area contributed by atoms with Crippen molar-refractivity contribution in [1.82, 2.24) is 0 Å². The van der Waals surface area contributed by atoms with Crippen molar-refractivity contribution in [3.05, 3.63) is 54.5 Å². The van der Waals surface area contributed by atoms with Gasteiger partial charge in [-0.05, 0) is 24.3 Å². The number of anilines is 1. The van der Waals surface area contributed by atoms with Crippen molar-refractivity contribution in [2.45, 2.75) is 0 Å². The number of hydrogen-bond acceptors (Lipinski definition) is 6. The second kappa shape index (κ2) is 6.15. The number of carbonyl (C=O) groups excluding carboxylic acids is 1. The number of nitrogens with zero attached hydrogens (tertiary/aromatic N) is 2. The Hall–Kier alpha value is -2.89. The molecule has 6 heteroatoms. The summed E-state index contributed by atoms with van der Waals surface area (Å²) in [5.74, 6) is 4.84. The summed E-state index contributed by atoms with van der Waals surface area (Å²) >= 11 is 0. The summed E-state index contributed by atoms with van der Waals surface area (Å²) < 4.78 is 5.01. The van der Waals surface area contributed by atoms with Crippen LogP contribution in [0.1, 0.15) is 10.6 Å². The van der Waals surface area contributed by atoms with Crippen LogP contribution in [0.3, 0.4) is 0 Å². The minimum atomic E-state index is -0.400. The number of benzene rings is 1. The van der Waals surface area contributed by atoms with Gasteiger partial charge in [0.05, 0.1) is 18.2 Å². The van der Waals surface area contributed by atoms with Crippen LogP contribution in [0.4, 0.5) is 5.69 Å². The molecular weight excluding hydrogens is 244 g/mol. The van der Waals surface area contributed by atoms with Gasteiger partial charge in [0.2, 0.25) is 5.78 Å². The van der Waals surface area contributed by atoms with E-state index in [4.69, 9.17) is 10.3 Å². The third-order valence-electron chi connectivity index (χ3n) is 2.25. The lowest BCUT2D eigenvalue weighted by molar-refractivity contribution is 0.104. The number of rotatable bonds is 5. The van der Waals surface area contributed by atoms with Gasteiger partial charge in [-0.3, -0.25) is 10.2 Å². The lowest BCUT2D eigenvalue weighted by Gasteiger charge is -2.01. The minimum Gasteiger partial charge on any atom is -0.461 e. The molecule has 1 aromatic carbocycles. The van der Waals surface area contributed by atoms with E-state index < -0.39 is 5.78 Å². The molecule has 6 nitrogen and oxygen atoms in total. The van der Waals surface area contributed by atoms with E-state index >= 15 is 0 Å². The Morgan fingerprint density at radius 2 is 2.00 bits per heavy atom. The summed E-state index contributed by atoms with van der Waals surface area (Å²) in [7, 11) is 0. The Morgan fingerprint density at radius 3 is 2.63 bits per heavy atom. The van der Waals surface area contributed by atoms with Crippen LogP contribution < -0.4 is 11.3 Å². The monoisotopic (exact) mass is 256 g/mol. The second-order valence-corrected chi connectivity index (χ2v) is 3.56. The van der Waals surface area contributed by atoms with Crippen molar-refractivity contribution in [2.24, 2.45) is 16.0 Å². The molecule has 0 bridgehead atoms. The van der Waals surface area contributed by atoms with E-state index in [1.165, 1.54) is 12.5 Å². The summed E-state index contributed by atoms with van der Waals surface area (Å²) in [4.78, 5) is 12.0. The molecule has 96 valence electrons. The van der Waals surface area contributed by atoms with Crippen molar-refractivity contribution >= 4 is 23.4 Å². The zero-order valence-corrected chi connectivity index (χ0v) is 9.98. The highest BCUT2D eigenvalue weighted by atomic mass is 16.3. The quantitative estimate of drug-likeness (QED) is 0.369. The van der Waals surface area contributed by atoms with Crippen LogP contribution in [-0.2, 0) is 0 Å². The Balaban J connectivity index is 2.18. The molecule has 1 aromatic heterocycles. The number of hydrazone groups is 2. The smallest absolute Gasteiger partial charge is 0.249 e. The van der Waals surface area contributed by atoms with Gasteiger partial charge in [0.25, 0.3) is 0 Å². The fourth-order valence-electron chi connectivity index (χ4n) is 1.38. The average molecular weight is 256 g/mol. The number of para-hydroxylation sites is 1. The first-order valence-electron chi connectivity index (χ1n) is 5.51. The number of nitrogens with one attached hydrogen (secondary N) is 1. The highest BCUT2D eigenvalue weighted by Crippen LogP contribution is 2.06. The summed E-state index contributed by atoms with van der Waals surface area (Å²) in [6, 6.07) is 12.4. The van der Waals surface area contributed by atoms with E-state index in [0.29, 0.717) is 0 Å². The fraction of sp³-hybridized carbons (Fsp3) is 0. The number of hydrogen-bond donors (Lipinski definition) is 2.